The second-order valence-corrected chi connectivity index (χ2v) is 1.89. The first-order valence-corrected chi connectivity index (χ1v) is 3.18. The van der Waals surface area contributed by atoms with Gasteiger partial charge in [0.1, 0.15) is 0 Å². The van der Waals surface area contributed by atoms with E-state index in [0.717, 1.165) is 0 Å². The van der Waals surface area contributed by atoms with Crippen LogP contribution < -0.4 is 9.47 Å². The first-order valence-electron chi connectivity index (χ1n) is 3.18. The van der Waals surface area contributed by atoms with Crippen LogP contribution in [0.3, 0.4) is 0 Å². The number of hydrogen-bond acceptors (Lipinski definition) is 6. The van der Waals surface area contributed by atoms with Crippen molar-refractivity contribution < 1.29 is 24.2 Å². The lowest BCUT2D eigenvalue weighted by Gasteiger charge is -2.03. The monoisotopic (exact) mass is 183 g/mol. The van der Waals surface area contributed by atoms with Gasteiger partial charge in [-0.05, 0) is 0 Å². The molecule has 0 amide bonds. The van der Waals surface area contributed by atoms with E-state index >= 15 is 0 Å². The van der Waals surface area contributed by atoms with Crippen molar-refractivity contribution in [3.63, 3.8) is 0 Å². The van der Waals surface area contributed by atoms with Crippen molar-refractivity contribution in [1.82, 2.24) is 4.98 Å². The summed E-state index contributed by atoms with van der Waals surface area (Å²) in [6.07, 6.45) is 1.22. The largest absolute Gasteiger partial charge is 0.500 e. The van der Waals surface area contributed by atoms with Gasteiger partial charge in [0.15, 0.2) is 5.75 Å². The highest BCUT2D eigenvalue weighted by molar-refractivity contribution is 5.55. The molecule has 1 heterocycles. The molecular weight excluding hydrogens is 178 g/mol. The summed E-state index contributed by atoms with van der Waals surface area (Å²) in [4.78, 5) is 23.4. The normalized spacial score (nSPS) is 8.92. The Hall–Kier alpha value is -2.11. The first kappa shape index (κ1) is 8.98. The van der Waals surface area contributed by atoms with Crippen LogP contribution in [0, 0.1) is 0 Å². The van der Waals surface area contributed by atoms with Crippen LogP contribution >= 0.6 is 0 Å². The molecule has 0 unspecified atom stereocenters. The van der Waals surface area contributed by atoms with Crippen molar-refractivity contribution in [3.05, 3.63) is 12.3 Å². The van der Waals surface area contributed by atoms with Crippen LogP contribution in [0.5, 0.6) is 17.4 Å². The van der Waals surface area contributed by atoms with E-state index in [1.807, 2.05) is 0 Å². The Morgan fingerprint density at radius 2 is 2.00 bits per heavy atom. The van der Waals surface area contributed by atoms with Crippen LogP contribution in [0.15, 0.2) is 12.3 Å². The summed E-state index contributed by atoms with van der Waals surface area (Å²) in [5.41, 5.74) is 0. The Bertz CT molecular complexity index is 296. The zero-order chi connectivity index (χ0) is 9.68. The SMILES string of the molecule is O=COc1ccnc(OC=O)c1O. The molecule has 0 bridgehead atoms. The maximum absolute atomic E-state index is 9.93. The smallest absolute Gasteiger partial charge is 0.299 e. The van der Waals surface area contributed by atoms with Crippen LogP contribution in [0.4, 0.5) is 0 Å². The Labute approximate surface area is 72.7 Å². The van der Waals surface area contributed by atoms with Crippen molar-refractivity contribution in [2.24, 2.45) is 0 Å². The van der Waals surface area contributed by atoms with E-state index in [9.17, 15) is 14.7 Å². The zero-order valence-electron chi connectivity index (χ0n) is 6.34. The van der Waals surface area contributed by atoms with E-state index in [1.165, 1.54) is 12.3 Å². The molecule has 1 N–H and O–H groups in total. The minimum atomic E-state index is -0.498. The number of aromatic nitrogens is 1. The summed E-state index contributed by atoms with van der Waals surface area (Å²) in [5, 5.41) is 9.22. The second-order valence-electron chi connectivity index (χ2n) is 1.89. The van der Waals surface area contributed by atoms with E-state index in [1.54, 1.807) is 0 Å². The lowest BCUT2D eigenvalue weighted by Crippen LogP contribution is -1.95. The fraction of sp³-hybridized carbons (Fsp3) is 0. The number of aromatic hydroxyl groups is 1. The molecule has 0 atom stereocenters. The molecule has 0 spiro atoms. The quantitative estimate of drug-likeness (QED) is 0.653. The van der Waals surface area contributed by atoms with Gasteiger partial charge in [-0.15, -0.1) is 0 Å². The average Bonchev–Trinajstić information content (AvgIpc) is 2.13. The minimum absolute atomic E-state index is 0.104. The molecule has 0 saturated carbocycles. The summed E-state index contributed by atoms with van der Waals surface area (Å²) < 4.78 is 8.64. The lowest BCUT2D eigenvalue weighted by molar-refractivity contribution is -0.121. The van der Waals surface area contributed by atoms with Crippen molar-refractivity contribution in [2.45, 2.75) is 0 Å². The molecule has 1 rings (SSSR count). The molecule has 0 aromatic carbocycles. The molecule has 0 aliphatic carbocycles. The number of ether oxygens (including phenoxy) is 2. The van der Waals surface area contributed by atoms with E-state index in [0.29, 0.717) is 0 Å². The van der Waals surface area contributed by atoms with Gasteiger partial charge in [-0.1, -0.05) is 0 Å². The summed E-state index contributed by atoms with van der Waals surface area (Å²) >= 11 is 0. The lowest BCUT2D eigenvalue weighted by atomic mass is 10.4. The highest BCUT2D eigenvalue weighted by Crippen LogP contribution is 2.32. The highest BCUT2D eigenvalue weighted by atomic mass is 16.5. The Kier molecular flexibility index (Phi) is 2.80. The van der Waals surface area contributed by atoms with E-state index in [4.69, 9.17) is 0 Å². The summed E-state index contributed by atoms with van der Waals surface area (Å²) in [6.45, 7) is 0.243. The third-order valence-corrected chi connectivity index (χ3v) is 1.19. The van der Waals surface area contributed by atoms with Crippen LogP contribution in [-0.2, 0) is 9.59 Å². The maximum atomic E-state index is 9.93. The standard InChI is InChI=1S/C7H5NO5/c9-3-12-5-1-2-8-7(6(5)11)13-4-10/h1-4,11H. The molecule has 0 aliphatic rings. The van der Waals surface area contributed by atoms with Gasteiger partial charge in [0.05, 0.1) is 0 Å². The molecule has 0 aliphatic heterocycles. The maximum Gasteiger partial charge on any atom is 0.299 e. The van der Waals surface area contributed by atoms with Crippen LogP contribution in [0.1, 0.15) is 0 Å². The number of nitrogens with zero attached hydrogens (tertiary/aromatic N) is 1. The molecule has 0 saturated heterocycles. The topological polar surface area (TPSA) is 85.7 Å². The summed E-state index contributed by atoms with van der Waals surface area (Å²) in [6, 6.07) is 1.25. The molecule has 13 heavy (non-hydrogen) atoms. The minimum Gasteiger partial charge on any atom is -0.500 e. The fourth-order valence-corrected chi connectivity index (χ4v) is 0.697. The summed E-state index contributed by atoms with van der Waals surface area (Å²) in [5.74, 6) is -0.932. The molecule has 6 heteroatoms. The van der Waals surface area contributed by atoms with Crippen molar-refractivity contribution in [2.75, 3.05) is 0 Å². The van der Waals surface area contributed by atoms with Crippen LogP contribution in [0.25, 0.3) is 0 Å². The van der Waals surface area contributed by atoms with Gasteiger partial charge in [-0.3, -0.25) is 9.59 Å². The van der Waals surface area contributed by atoms with Gasteiger partial charge < -0.3 is 14.6 Å². The molecule has 6 nitrogen and oxygen atoms in total. The average molecular weight is 183 g/mol. The van der Waals surface area contributed by atoms with Crippen molar-refractivity contribution >= 4 is 12.9 Å². The second kappa shape index (κ2) is 4.05. The third-order valence-electron chi connectivity index (χ3n) is 1.19. The zero-order valence-corrected chi connectivity index (χ0v) is 6.34. The van der Waals surface area contributed by atoms with E-state index in [-0.39, 0.29) is 24.6 Å². The number of hydrogen-bond donors (Lipinski definition) is 1. The van der Waals surface area contributed by atoms with Crippen molar-refractivity contribution in [1.29, 1.82) is 0 Å². The molecule has 68 valence electrons. The number of carbonyl (C=O) groups excluding carboxylic acids is 2. The number of carbonyl (C=O) groups is 2. The summed E-state index contributed by atoms with van der Waals surface area (Å²) in [7, 11) is 0. The molecule has 1 aromatic heterocycles. The van der Waals surface area contributed by atoms with E-state index in [2.05, 4.69) is 14.5 Å². The van der Waals surface area contributed by atoms with Gasteiger partial charge in [-0.25, -0.2) is 4.98 Å². The number of pyridine rings is 1. The van der Waals surface area contributed by atoms with Crippen LogP contribution in [0.2, 0.25) is 0 Å². The Balaban J connectivity index is 3.02. The van der Waals surface area contributed by atoms with Gasteiger partial charge in [0.2, 0.25) is 5.75 Å². The fourth-order valence-electron chi connectivity index (χ4n) is 0.697. The Morgan fingerprint density at radius 1 is 1.31 bits per heavy atom. The predicted molar refractivity (Wildman–Crippen MR) is 39.3 cm³/mol. The molecule has 1 aromatic rings. The van der Waals surface area contributed by atoms with Gasteiger partial charge >= 0.3 is 0 Å². The Morgan fingerprint density at radius 3 is 2.62 bits per heavy atom. The van der Waals surface area contributed by atoms with Gasteiger partial charge in [0, 0.05) is 12.3 Å². The molecule has 0 radical (unpaired) electrons. The van der Waals surface area contributed by atoms with Crippen molar-refractivity contribution in [3.8, 4) is 17.4 Å². The first-order chi connectivity index (χ1) is 6.29. The molecule has 0 fully saturated rings. The van der Waals surface area contributed by atoms with E-state index < -0.39 is 5.75 Å². The number of rotatable bonds is 4. The van der Waals surface area contributed by atoms with Crippen LogP contribution in [-0.4, -0.2) is 23.0 Å². The third kappa shape index (κ3) is 1.92. The molecular formula is C7H5NO5. The highest BCUT2D eigenvalue weighted by Gasteiger charge is 2.10. The van der Waals surface area contributed by atoms with Gasteiger partial charge in [0.25, 0.3) is 18.8 Å². The van der Waals surface area contributed by atoms with Gasteiger partial charge in [-0.2, -0.15) is 0 Å². The predicted octanol–water partition coefficient (Wildman–Crippen LogP) is -0.142.